The summed E-state index contributed by atoms with van der Waals surface area (Å²) in [5.41, 5.74) is 0.0572. The third-order valence-electron chi connectivity index (χ3n) is 3.45. The molecule has 0 spiro atoms. The van der Waals surface area contributed by atoms with E-state index in [4.69, 9.17) is 11.6 Å². The van der Waals surface area contributed by atoms with E-state index in [2.05, 4.69) is 15.7 Å². The van der Waals surface area contributed by atoms with E-state index < -0.39 is 17.9 Å². The van der Waals surface area contributed by atoms with Gasteiger partial charge in [0.05, 0.1) is 0 Å². The summed E-state index contributed by atoms with van der Waals surface area (Å²) in [7, 11) is 0. The van der Waals surface area contributed by atoms with Gasteiger partial charge in [-0.05, 0) is 37.1 Å². The number of rotatable bonds is 5. The smallest absolute Gasteiger partial charge is 0.338 e. The van der Waals surface area contributed by atoms with E-state index in [1.807, 2.05) is 6.92 Å². The molecule has 1 atom stereocenters. The molecule has 2 rings (SSSR count). The lowest BCUT2D eigenvalue weighted by Crippen LogP contribution is -2.33. The van der Waals surface area contributed by atoms with Crippen LogP contribution in [-0.4, -0.2) is 22.4 Å². The minimum Gasteiger partial charge on any atom is -0.338 e. The van der Waals surface area contributed by atoms with Gasteiger partial charge in [-0.2, -0.15) is 18.3 Å². The number of carbonyl (C=O) groups is 1. The number of benzene rings is 1. The maximum atomic E-state index is 12.7. The van der Waals surface area contributed by atoms with Gasteiger partial charge in [-0.3, -0.25) is 4.68 Å². The highest BCUT2D eigenvalue weighted by atomic mass is 35.5. The van der Waals surface area contributed by atoms with E-state index in [0.29, 0.717) is 16.4 Å². The molecule has 25 heavy (non-hydrogen) atoms. The van der Waals surface area contributed by atoms with Gasteiger partial charge in [0.1, 0.15) is 0 Å². The molecular formula is C16H18ClF3N4O. The summed E-state index contributed by atoms with van der Waals surface area (Å²) >= 11 is 5.83. The fraction of sp³-hybridized carbons (Fsp3) is 0.375. The molecule has 0 saturated carbocycles. The number of aryl methyl sites for hydroxylation is 1. The van der Waals surface area contributed by atoms with Gasteiger partial charge >= 0.3 is 12.2 Å². The van der Waals surface area contributed by atoms with Crippen molar-refractivity contribution >= 4 is 23.3 Å². The zero-order chi connectivity index (χ0) is 18.6. The number of urea groups is 1. The molecule has 5 nitrogen and oxygen atoms in total. The zero-order valence-electron chi connectivity index (χ0n) is 13.7. The largest absolute Gasteiger partial charge is 0.435 e. The summed E-state index contributed by atoms with van der Waals surface area (Å²) in [6.45, 7) is 3.93. The molecule has 1 aromatic heterocycles. The summed E-state index contributed by atoms with van der Waals surface area (Å²) in [6, 6.07) is 7.29. The van der Waals surface area contributed by atoms with Crippen molar-refractivity contribution in [1.82, 2.24) is 15.1 Å². The Bertz CT molecular complexity index is 745. The molecular weight excluding hydrogens is 357 g/mol. The first kappa shape index (κ1) is 19.1. The van der Waals surface area contributed by atoms with Gasteiger partial charge in [-0.15, -0.1) is 0 Å². The maximum absolute atomic E-state index is 12.7. The Morgan fingerprint density at radius 1 is 1.36 bits per heavy atom. The Labute approximate surface area is 148 Å². The summed E-state index contributed by atoms with van der Waals surface area (Å²) in [6.07, 6.45) is -4.46. The molecule has 136 valence electrons. The van der Waals surface area contributed by atoms with Crippen molar-refractivity contribution in [2.24, 2.45) is 5.92 Å². The second-order valence-corrected chi connectivity index (χ2v) is 6.24. The van der Waals surface area contributed by atoms with Crippen LogP contribution in [0.2, 0.25) is 5.02 Å². The minimum atomic E-state index is -4.46. The third-order valence-corrected chi connectivity index (χ3v) is 3.68. The number of hydrogen-bond donors (Lipinski definition) is 2. The molecule has 0 unspecified atom stereocenters. The number of carbonyl (C=O) groups excluding carboxylic acids is 1. The van der Waals surface area contributed by atoms with Gasteiger partial charge < -0.3 is 10.6 Å². The lowest BCUT2D eigenvalue weighted by molar-refractivity contribution is -0.141. The van der Waals surface area contributed by atoms with Gasteiger partial charge in [0.2, 0.25) is 0 Å². The molecule has 2 N–H and O–H groups in total. The van der Waals surface area contributed by atoms with Crippen molar-refractivity contribution in [3.63, 3.8) is 0 Å². The van der Waals surface area contributed by atoms with E-state index in [1.165, 1.54) is 4.68 Å². The molecule has 0 fully saturated rings. The molecule has 0 radical (unpaired) electrons. The van der Waals surface area contributed by atoms with Crippen molar-refractivity contribution in [1.29, 1.82) is 0 Å². The molecule has 0 aliphatic rings. The van der Waals surface area contributed by atoms with Crippen molar-refractivity contribution in [2.45, 2.75) is 26.6 Å². The highest BCUT2D eigenvalue weighted by Gasteiger charge is 2.34. The highest BCUT2D eigenvalue weighted by molar-refractivity contribution is 6.30. The van der Waals surface area contributed by atoms with E-state index in [-0.39, 0.29) is 19.0 Å². The normalized spacial score (nSPS) is 12.7. The Balaban J connectivity index is 1.85. The van der Waals surface area contributed by atoms with E-state index in [0.717, 1.165) is 6.07 Å². The van der Waals surface area contributed by atoms with Gasteiger partial charge in [0.15, 0.2) is 5.69 Å². The van der Waals surface area contributed by atoms with Crippen LogP contribution in [0.25, 0.3) is 0 Å². The predicted octanol–water partition coefficient (Wildman–Crippen LogP) is 4.32. The number of alkyl halides is 3. The number of amides is 2. The zero-order valence-corrected chi connectivity index (χ0v) is 14.4. The van der Waals surface area contributed by atoms with Gasteiger partial charge in [-0.25, -0.2) is 4.79 Å². The Morgan fingerprint density at radius 3 is 2.68 bits per heavy atom. The van der Waals surface area contributed by atoms with Crippen LogP contribution < -0.4 is 10.6 Å². The number of anilines is 1. The average molecular weight is 375 g/mol. The SMILES string of the molecule is Cc1cc(C(F)(F)F)nn1C[C@H](C)CNC(=O)Nc1cccc(Cl)c1. The second-order valence-electron chi connectivity index (χ2n) is 5.80. The lowest BCUT2D eigenvalue weighted by Gasteiger charge is -2.14. The molecule has 1 aromatic carbocycles. The molecule has 0 aliphatic carbocycles. The highest BCUT2D eigenvalue weighted by Crippen LogP contribution is 2.28. The molecule has 0 aliphatic heterocycles. The maximum Gasteiger partial charge on any atom is 0.435 e. The topological polar surface area (TPSA) is 59.0 Å². The number of nitrogens with one attached hydrogen (secondary N) is 2. The standard InChI is InChI=1S/C16H18ClF3N4O/c1-10(9-24-11(2)6-14(23-24)16(18,19)20)8-21-15(25)22-13-5-3-4-12(17)7-13/h3-7,10H,8-9H2,1-2H3,(H2,21,22,25)/t10-/m1/s1. The third kappa shape index (κ3) is 5.67. The molecule has 0 bridgehead atoms. The van der Waals surface area contributed by atoms with Crippen LogP contribution in [0.1, 0.15) is 18.3 Å². The van der Waals surface area contributed by atoms with Crippen LogP contribution in [0.3, 0.4) is 0 Å². The van der Waals surface area contributed by atoms with Gasteiger partial charge in [-0.1, -0.05) is 24.6 Å². The number of nitrogens with zero attached hydrogens (tertiary/aromatic N) is 2. The molecule has 9 heteroatoms. The predicted molar refractivity (Wildman–Crippen MR) is 89.6 cm³/mol. The Morgan fingerprint density at radius 2 is 2.08 bits per heavy atom. The monoisotopic (exact) mass is 374 g/mol. The number of hydrogen-bond acceptors (Lipinski definition) is 2. The quantitative estimate of drug-likeness (QED) is 0.818. The van der Waals surface area contributed by atoms with Crippen molar-refractivity contribution in [2.75, 3.05) is 11.9 Å². The van der Waals surface area contributed by atoms with Crippen molar-refractivity contribution < 1.29 is 18.0 Å². The molecule has 1 heterocycles. The van der Waals surface area contributed by atoms with Crippen molar-refractivity contribution in [3.05, 3.63) is 46.7 Å². The summed E-state index contributed by atoms with van der Waals surface area (Å²) < 4.78 is 39.3. The molecule has 2 amide bonds. The summed E-state index contributed by atoms with van der Waals surface area (Å²) in [4.78, 5) is 11.8. The number of aromatic nitrogens is 2. The van der Waals surface area contributed by atoms with Crippen LogP contribution in [0.5, 0.6) is 0 Å². The van der Waals surface area contributed by atoms with E-state index in [9.17, 15) is 18.0 Å². The van der Waals surface area contributed by atoms with Crippen LogP contribution in [0.15, 0.2) is 30.3 Å². The fourth-order valence-electron chi connectivity index (χ4n) is 2.20. The van der Waals surface area contributed by atoms with Crippen LogP contribution in [0, 0.1) is 12.8 Å². The first-order chi connectivity index (χ1) is 11.6. The minimum absolute atomic E-state index is 0.107. The van der Waals surface area contributed by atoms with Gasteiger partial charge in [0.25, 0.3) is 0 Å². The first-order valence-corrected chi connectivity index (χ1v) is 7.95. The molecule has 0 saturated heterocycles. The Kier molecular flexibility index (Phi) is 5.94. The van der Waals surface area contributed by atoms with E-state index in [1.54, 1.807) is 31.2 Å². The van der Waals surface area contributed by atoms with E-state index >= 15 is 0 Å². The van der Waals surface area contributed by atoms with Gasteiger partial charge in [0, 0.05) is 29.5 Å². The number of halogens is 4. The summed E-state index contributed by atoms with van der Waals surface area (Å²) in [5.74, 6) is -0.107. The van der Waals surface area contributed by atoms with Crippen LogP contribution >= 0.6 is 11.6 Å². The molecule has 2 aromatic rings. The second kappa shape index (κ2) is 7.77. The first-order valence-electron chi connectivity index (χ1n) is 7.57. The fourth-order valence-corrected chi connectivity index (χ4v) is 2.39. The lowest BCUT2D eigenvalue weighted by atomic mass is 10.2. The van der Waals surface area contributed by atoms with Crippen LogP contribution in [0.4, 0.5) is 23.7 Å². The average Bonchev–Trinajstić information content (AvgIpc) is 2.86. The Hall–Kier alpha value is -2.22. The van der Waals surface area contributed by atoms with Crippen molar-refractivity contribution in [3.8, 4) is 0 Å². The van der Waals surface area contributed by atoms with Crippen LogP contribution in [-0.2, 0) is 12.7 Å². The summed E-state index contributed by atoms with van der Waals surface area (Å²) in [5, 5.41) is 9.38.